The summed E-state index contributed by atoms with van der Waals surface area (Å²) in [6.07, 6.45) is 0.877. The zero-order valence-corrected chi connectivity index (χ0v) is 28.9. The second kappa shape index (κ2) is 12.0. The van der Waals surface area contributed by atoms with E-state index in [2.05, 4.69) is 27.5 Å². The summed E-state index contributed by atoms with van der Waals surface area (Å²) in [5.41, 5.74) is 3.97. The van der Waals surface area contributed by atoms with E-state index in [1.54, 1.807) is 24.0 Å². The van der Waals surface area contributed by atoms with Gasteiger partial charge in [0.05, 0.1) is 43.5 Å². The summed E-state index contributed by atoms with van der Waals surface area (Å²) < 4.78 is 78.8. The normalized spacial score (nSPS) is 26.8. The van der Waals surface area contributed by atoms with Crippen molar-refractivity contribution in [1.29, 1.82) is 0 Å². The van der Waals surface area contributed by atoms with Gasteiger partial charge < -0.3 is 23.8 Å². The Hall–Kier alpha value is -3.62. The number of hydrogen-bond donors (Lipinski definition) is 1. The lowest BCUT2D eigenvalue weighted by molar-refractivity contribution is -0.160. The Bertz CT molecular complexity index is 1980. The van der Waals surface area contributed by atoms with Crippen molar-refractivity contribution in [2.24, 2.45) is 5.41 Å². The van der Waals surface area contributed by atoms with Gasteiger partial charge in [0.15, 0.2) is 5.75 Å². The van der Waals surface area contributed by atoms with Crippen LogP contribution in [-0.2, 0) is 26.1 Å². The number of hydrogen-bond acceptors (Lipinski definition) is 7. The summed E-state index contributed by atoms with van der Waals surface area (Å²) in [5.74, 6) is -2.36. The number of likely N-dealkylation sites (N-methyl/N-ethyl adjacent to an activating group) is 1. The van der Waals surface area contributed by atoms with Gasteiger partial charge in [0.25, 0.3) is 5.91 Å². The molecule has 10 nitrogen and oxygen atoms in total. The largest absolute Gasteiger partial charge is 0.497 e. The molecule has 50 heavy (non-hydrogen) atoms. The summed E-state index contributed by atoms with van der Waals surface area (Å²) in [7, 11) is -1.29. The Balaban J connectivity index is 1.29. The van der Waals surface area contributed by atoms with Gasteiger partial charge in [-0.25, -0.2) is 13.1 Å². The third-order valence-corrected chi connectivity index (χ3v) is 12.7. The Morgan fingerprint density at radius 3 is 2.44 bits per heavy atom. The van der Waals surface area contributed by atoms with Crippen molar-refractivity contribution in [3.8, 4) is 17.0 Å². The van der Waals surface area contributed by atoms with Crippen molar-refractivity contribution < 1.29 is 40.7 Å². The smallest absolute Gasteiger partial charge is 0.404 e. The molecule has 4 atom stereocenters. The molecule has 5 aliphatic rings. The van der Waals surface area contributed by atoms with Crippen LogP contribution in [0.5, 0.6) is 5.75 Å². The van der Waals surface area contributed by atoms with Gasteiger partial charge in [-0.1, -0.05) is 25.3 Å². The number of rotatable bonds is 6. The summed E-state index contributed by atoms with van der Waals surface area (Å²) >= 11 is 0. The summed E-state index contributed by atoms with van der Waals surface area (Å²) in [4.78, 5) is 32.6. The van der Waals surface area contributed by atoms with Crippen molar-refractivity contribution >= 4 is 32.7 Å². The van der Waals surface area contributed by atoms with Crippen molar-refractivity contribution in [3.63, 3.8) is 0 Å². The Labute approximate surface area is 288 Å². The summed E-state index contributed by atoms with van der Waals surface area (Å²) in [5, 5.41) is 0.898. The number of methoxy groups -OCH3 is 1. The number of piperazine rings is 1. The molecule has 2 unspecified atom stereocenters. The quantitative estimate of drug-likeness (QED) is 0.382. The number of alkyl halides is 3. The number of carbonyl (C=O) groups is 2. The minimum absolute atomic E-state index is 0.0728. The summed E-state index contributed by atoms with van der Waals surface area (Å²) in [6, 6.07) is 10.7. The topological polar surface area (TPSA) is 110 Å². The van der Waals surface area contributed by atoms with Crippen LogP contribution in [0.3, 0.4) is 0 Å². The number of ether oxygens (including phenoxy) is 2. The lowest BCUT2D eigenvalue weighted by Gasteiger charge is -2.50. The molecule has 3 aliphatic heterocycles. The average molecular weight is 715 g/mol. The first-order valence-electron chi connectivity index (χ1n) is 17.3. The van der Waals surface area contributed by atoms with Gasteiger partial charge in [-0.3, -0.25) is 9.59 Å². The minimum atomic E-state index is -5.00. The molecule has 268 valence electrons. The van der Waals surface area contributed by atoms with Gasteiger partial charge in [-0.15, -0.1) is 0 Å². The molecule has 2 aliphatic carbocycles. The number of fused-ring (bicyclic) bond motifs is 9. The number of morpholine rings is 1. The first-order valence-corrected chi connectivity index (χ1v) is 19.0. The van der Waals surface area contributed by atoms with Crippen LogP contribution in [0.1, 0.15) is 71.8 Å². The van der Waals surface area contributed by atoms with E-state index in [4.69, 9.17) is 9.47 Å². The molecule has 3 aromatic rings. The van der Waals surface area contributed by atoms with E-state index >= 15 is 4.79 Å². The molecule has 4 fully saturated rings. The van der Waals surface area contributed by atoms with Crippen LogP contribution in [0.2, 0.25) is 0 Å². The highest BCUT2D eigenvalue weighted by molar-refractivity contribution is 7.90. The molecule has 0 radical (unpaired) electrons. The van der Waals surface area contributed by atoms with E-state index < -0.39 is 33.3 Å². The highest BCUT2D eigenvalue weighted by Gasteiger charge is 2.65. The molecular formula is C36H41F3N4O6S. The monoisotopic (exact) mass is 714 g/mol. The zero-order valence-electron chi connectivity index (χ0n) is 28.1. The average Bonchev–Trinajstić information content (AvgIpc) is 3.72. The van der Waals surface area contributed by atoms with Crippen LogP contribution >= 0.6 is 0 Å². The van der Waals surface area contributed by atoms with Crippen molar-refractivity contribution in [2.45, 2.75) is 75.2 Å². The fraction of sp³-hybridized carbons (Fsp3) is 0.556. The van der Waals surface area contributed by atoms with E-state index in [1.165, 1.54) is 6.07 Å². The molecule has 2 saturated heterocycles. The maximum absolute atomic E-state index is 15.0. The lowest BCUT2D eigenvalue weighted by atomic mass is 9.81. The fourth-order valence-electron chi connectivity index (χ4n) is 9.34. The number of nitrogens with one attached hydrogen (secondary N) is 1. The molecular weight excluding hydrogens is 673 g/mol. The van der Waals surface area contributed by atoms with Crippen LogP contribution in [0.15, 0.2) is 36.4 Å². The highest BCUT2D eigenvalue weighted by atomic mass is 32.2. The molecule has 2 amide bonds. The number of amides is 2. The predicted octanol–water partition coefficient (Wildman–Crippen LogP) is 5.02. The van der Waals surface area contributed by atoms with Gasteiger partial charge >= 0.3 is 6.18 Å². The number of halogens is 3. The summed E-state index contributed by atoms with van der Waals surface area (Å²) in [6.45, 7) is 2.71. The number of carbonyl (C=O) groups excluding carboxylic acids is 2. The van der Waals surface area contributed by atoms with Crippen LogP contribution in [-0.4, -0.2) is 99.1 Å². The van der Waals surface area contributed by atoms with E-state index in [0.717, 1.165) is 59.9 Å². The molecule has 8 rings (SSSR count). The number of sulfonamides is 1. The van der Waals surface area contributed by atoms with Crippen LogP contribution in [0.25, 0.3) is 22.2 Å². The molecule has 4 heterocycles. The van der Waals surface area contributed by atoms with Gasteiger partial charge in [0.2, 0.25) is 15.9 Å². The van der Waals surface area contributed by atoms with E-state index in [1.807, 2.05) is 12.1 Å². The van der Waals surface area contributed by atoms with Crippen molar-refractivity contribution in [1.82, 2.24) is 19.1 Å². The van der Waals surface area contributed by atoms with E-state index in [-0.39, 0.29) is 35.4 Å². The van der Waals surface area contributed by atoms with E-state index in [9.17, 15) is 26.4 Å². The van der Waals surface area contributed by atoms with Gasteiger partial charge in [0.1, 0.15) is 5.75 Å². The Kier molecular flexibility index (Phi) is 8.03. The van der Waals surface area contributed by atoms with Gasteiger partial charge in [-0.05, 0) is 73.7 Å². The van der Waals surface area contributed by atoms with Gasteiger partial charge in [0, 0.05) is 47.6 Å². The predicted molar refractivity (Wildman–Crippen MR) is 180 cm³/mol. The van der Waals surface area contributed by atoms with Crippen molar-refractivity contribution in [3.05, 3.63) is 53.1 Å². The maximum Gasteiger partial charge on any atom is 0.404 e. The van der Waals surface area contributed by atoms with E-state index in [0.29, 0.717) is 50.5 Å². The number of nitrogens with zero attached hydrogens (tertiary/aromatic N) is 3. The third kappa shape index (κ3) is 5.67. The lowest BCUT2D eigenvalue weighted by Crippen LogP contribution is -2.66. The minimum Gasteiger partial charge on any atom is -0.497 e. The zero-order chi connectivity index (χ0) is 35.2. The molecule has 0 spiro atoms. The maximum atomic E-state index is 15.0. The molecule has 2 aromatic carbocycles. The molecule has 2 bridgehead atoms. The molecule has 1 N–H and O–H groups in total. The first-order chi connectivity index (χ1) is 23.8. The third-order valence-electron chi connectivity index (χ3n) is 11.5. The van der Waals surface area contributed by atoms with Crippen LogP contribution < -0.4 is 9.46 Å². The SMILES string of the molecule is COc1ccc2c(c1)C1CC1(C(=O)N1[C@@H]3COC[C@H]1CN(C)C3)Cn1c-2c(C2CCCCC2)c2ccc(C(=O)NS(=O)(=O)CC(F)(F)F)cc21. The number of aromatic nitrogens is 1. The molecule has 14 heteroatoms. The van der Waals surface area contributed by atoms with Gasteiger partial charge in [-0.2, -0.15) is 13.2 Å². The van der Waals surface area contributed by atoms with Crippen molar-refractivity contribution in [2.75, 3.05) is 46.2 Å². The second-order valence-corrected chi connectivity index (χ2v) is 16.6. The molecule has 1 aromatic heterocycles. The fourth-order valence-corrected chi connectivity index (χ4v) is 10.2. The number of benzene rings is 2. The van der Waals surface area contributed by atoms with Crippen LogP contribution in [0, 0.1) is 5.41 Å². The van der Waals surface area contributed by atoms with Crippen LogP contribution in [0.4, 0.5) is 13.2 Å². The standard InChI is InChI=1S/C36H41F3N4O6S/c1-41-15-23-17-49-18-24(16-41)43(23)34(45)35-14-29(35)28-13-25(48-2)9-11-26(28)32-31(21-6-4-3-5-7-21)27-10-8-22(12-30(27)42(32)19-35)33(44)40-50(46,47)20-36(37,38)39/h8-13,21,23-24,29H,3-7,14-20H2,1-2H3,(H,40,44)/t23-,24+,29?,35?. The highest BCUT2D eigenvalue weighted by Crippen LogP contribution is 2.66. The second-order valence-electron chi connectivity index (χ2n) is 14.9. The molecule has 2 saturated carbocycles. The Morgan fingerprint density at radius 2 is 1.76 bits per heavy atom. The first kappa shape index (κ1) is 33.5. The Morgan fingerprint density at radius 1 is 1.04 bits per heavy atom.